The third-order valence-electron chi connectivity index (χ3n) is 5.57. The number of nitrogens with zero attached hydrogens (tertiary/aromatic N) is 3. The Morgan fingerprint density at radius 1 is 1.15 bits per heavy atom. The van der Waals surface area contributed by atoms with Gasteiger partial charge in [-0.1, -0.05) is 0 Å². The van der Waals surface area contributed by atoms with Crippen molar-refractivity contribution < 1.29 is 18.0 Å². The first-order chi connectivity index (χ1) is 13.0. The summed E-state index contributed by atoms with van der Waals surface area (Å²) >= 11 is 0. The van der Waals surface area contributed by atoms with Gasteiger partial charge in [0.25, 0.3) is 0 Å². The molecule has 2 N–H and O–H groups in total. The van der Waals surface area contributed by atoms with Gasteiger partial charge in [0.1, 0.15) is 4.90 Å². The number of amides is 3. The molecule has 3 amide bonds. The summed E-state index contributed by atoms with van der Waals surface area (Å²) in [6.07, 6.45) is 5.09. The van der Waals surface area contributed by atoms with E-state index in [1.54, 1.807) is 6.07 Å². The molecule has 0 saturated carbocycles. The number of hydrogen-bond donors (Lipinski definition) is 2. The smallest absolute Gasteiger partial charge is 0.321 e. The number of carbonyl (C=O) groups is 2. The number of sulfonamides is 1. The molecule has 0 aliphatic carbocycles. The predicted molar refractivity (Wildman–Crippen MR) is 95.9 cm³/mol. The van der Waals surface area contributed by atoms with E-state index in [-0.39, 0.29) is 48.0 Å². The van der Waals surface area contributed by atoms with E-state index in [2.05, 4.69) is 15.6 Å². The van der Waals surface area contributed by atoms with E-state index < -0.39 is 10.0 Å². The van der Waals surface area contributed by atoms with Crippen LogP contribution in [-0.4, -0.2) is 66.4 Å². The van der Waals surface area contributed by atoms with E-state index in [0.717, 1.165) is 19.4 Å². The van der Waals surface area contributed by atoms with Crippen molar-refractivity contribution in [3.63, 3.8) is 0 Å². The summed E-state index contributed by atoms with van der Waals surface area (Å²) in [5.41, 5.74) is 0. The van der Waals surface area contributed by atoms with Crippen LogP contribution >= 0.6 is 0 Å². The van der Waals surface area contributed by atoms with Crippen molar-refractivity contribution >= 4 is 22.0 Å². The summed E-state index contributed by atoms with van der Waals surface area (Å²) < 4.78 is 26.8. The van der Waals surface area contributed by atoms with E-state index in [1.807, 2.05) is 0 Å². The first kappa shape index (κ1) is 18.3. The van der Waals surface area contributed by atoms with Gasteiger partial charge in [-0.15, -0.1) is 0 Å². The summed E-state index contributed by atoms with van der Waals surface area (Å²) in [6, 6.07) is 2.45. The molecule has 4 rings (SSSR count). The van der Waals surface area contributed by atoms with Crippen LogP contribution in [-0.2, 0) is 14.8 Å². The Balaban J connectivity index is 1.44. The van der Waals surface area contributed by atoms with Gasteiger partial charge < -0.3 is 5.32 Å². The van der Waals surface area contributed by atoms with E-state index >= 15 is 0 Å². The van der Waals surface area contributed by atoms with Crippen molar-refractivity contribution in [1.29, 1.82) is 0 Å². The summed E-state index contributed by atoms with van der Waals surface area (Å²) in [5.74, 6) is -0.391. The van der Waals surface area contributed by atoms with Gasteiger partial charge >= 0.3 is 6.03 Å². The quantitative estimate of drug-likeness (QED) is 0.754. The number of carbonyl (C=O) groups excluding carboxylic acids is 2. The fourth-order valence-corrected chi connectivity index (χ4v) is 5.56. The third-order valence-corrected chi connectivity index (χ3v) is 7.45. The van der Waals surface area contributed by atoms with Gasteiger partial charge in [-0.25, -0.2) is 13.2 Å². The maximum Gasteiger partial charge on any atom is 0.325 e. The Bertz CT molecular complexity index is 823. The van der Waals surface area contributed by atoms with Gasteiger partial charge in [0.15, 0.2) is 0 Å². The number of urea groups is 1. The summed E-state index contributed by atoms with van der Waals surface area (Å²) in [4.78, 5) is 30.7. The molecular formula is C17H23N5O4S. The molecule has 2 unspecified atom stereocenters. The molecule has 0 radical (unpaired) electrons. The molecule has 1 aromatic heterocycles. The molecule has 2 atom stereocenters. The van der Waals surface area contributed by atoms with Crippen LogP contribution in [0.5, 0.6) is 0 Å². The molecule has 0 bridgehead atoms. The average molecular weight is 393 g/mol. The minimum absolute atomic E-state index is 0.149. The van der Waals surface area contributed by atoms with Gasteiger partial charge in [-0.05, 0) is 44.4 Å². The van der Waals surface area contributed by atoms with Crippen LogP contribution in [0.15, 0.2) is 29.4 Å². The Morgan fingerprint density at radius 3 is 2.63 bits per heavy atom. The van der Waals surface area contributed by atoms with E-state index in [1.165, 1.54) is 27.7 Å². The number of piperidine rings is 2. The lowest BCUT2D eigenvalue weighted by Gasteiger charge is -2.44. The van der Waals surface area contributed by atoms with Crippen molar-refractivity contribution in [2.75, 3.05) is 19.6 Å². The van der Waals surface area contributed by atoms with Crippen molar-refractivity contribution in [2.45, 2.75) is 42.8 Å². The molecule has 9 nitrogen and oxygen atoms in total. The van der Waals surface area contributed by atoms with Crippen molar-refractivity contribution in [2.24, 2.45) is 5.92 Å². The molecule has 4 heterocycles. The van der Waals surface area contributed by atoms with Crippen LogP contribution in [0.2, 0.25) is 0 Å². The number of hydrogen-bond acceptors (Lipinski definition) is 6. The zero-order valence-electron chi connectivity index (χ0n) is 14.9. The van der Waals surface area contributed by atoms with Crippen LogP contribution in [0.1, 0.15) is 25.7 Å². The summed E-state index contributed by atoms with van der Waals surface area (Å²) in [5, 5.41) is 6.06. The molecule has 3 aliphatic rings. The lowest BCUT2D eigenvalue weighted by molar-refractivity contribution is -0.139. The topological polar surface area (TPSA) is 112 Å². The normalized spacial score (nSPS) is 27.9. The number of fused-ring (bicyclic) bond motifs is 1. The van der Waals surface area contributed by atoms with Crippen LogP contribution in [0.3, 0.4) is 0 Å². The number of nitrogens with one attached hydrogen (secondary N) is 2. The highest BCUT2D eigenvalue weighted by Gasteiger charge is 2.45. The maximum atomic E-state index is 12.9. The lowest BCUT2D eigenvalue weighted by Crippen LogP contribution is -2.68. The standard InChI is InChI=1S/C17H23N5O4S/c23-16-14-4-2-8-19-15(14)20-17(24)22(16)12-5-9-21(10-6-12)27(25,26)13-3-1-7-18-11-13/h1,3,7,11-12,14-15,19H,2,4-6,8-10H2,(H,20,24). The largest absolute Gasteiger partial charge is 0.325 e. The predicted octanol–water partition coefficient (Wildman–Crippen LogP) is 0.112. The summed E-state index contributed by atoms with van der Waals surface area (Å²) in [7, 11) is -3.61. The zero-order chi connectivity index (χ0) is 19.0. The lowest BCUT2D eigenvalue weighted by atomic mass is 9.91. The molecule has 27 heavy (non-hydrogen) atoms. The molecular weight excluding hydrogens is 370 g/mol. The Labute approximate surface area is 158 Å². The fraction of sp³-hybridized carbons (Fsp3) is 0.588. The highest BCUT2D eigenvalue weighted by Crippen LogP contribution is 2.28. The van der Waals surface area contributed by atoms with Crippen LogP contribution in [0, 0.1) is 5.92 Å². The fourth-order valence-electron chi connectivity index (χ4n) is 4.12. The second-order valence-electron chi connectivity index (χ2n) is 7.16. The van der Waals surface area contributed by atoms with Gasteiger partial charge in [-0.2, -0.15) is 4.31 Å². The second-order valence-corrected chi connectivity index (χ2v) is 9.10. The maximum absolute atomic E-state index is 12.9. The Kier molecular flexibility index (Phi) is 4.87. The minimum Gasteiger partial charge on any atom is -0.321 e. The zero-order valence-corrected chi connectivity index (χ0v) is 15.7. The Morgan fingerprint density at radius 2 is 1.93 bits per heavy atom. The van der Waals surface area contributed by atoms with E-state index in [0.29, 0.717) is 12.8 Å². The first-order valence-corrected chi connectivity index (χ1v) is 10.7. The second kappa shape index (κ2) is 7.17. The summed E-state index contributed by atoms with van der Waals surface area (Å²) in [6.45, 7) is 1.33. The van der Waals surface area contributed by atoms with Crippen LogP contribution in [0.4, 0.5) is 4.79 Å². The number of rotatable bonds is 3. The van der Waals surface area contributed by atoms with Gasteiger partial charge in [0.2, 0.25) is 15.9 Å². The van der Waals surface area contributed by atoms with Crippen molar-refractivity contribution in [1.82, 2.24) is 24.8 Å². The van der Waals surface area contributed by atoms with Gasteiger partial charge in [0.05, 0.1) is 12.1 Å². The minimum atomic E-state index is -3.61. The Hall–Kier alpha value is -2.04. The molecule has 3 saturated heterocycles. The monoisotopic (exact) mass is 393 g/mol. The van der Waals surface area contributed by atoms with Crippen LogP contribution in [0.25, 0.3) is 0 Å². The first-order valence-electron chi connectivity index (χ1n) is 9.25. The van der Waals surface area contributed by atoms with Gasteiger partial charge in [0, 0.05) is 31.5 Å². The SMILES string of the molecule is O=C1NC2NCCCC2C(=O)N1C1CCN(S(=O)(=O)c2cccnc2)CC1. The number of imide groups is 1. The van der Waals surface area contributed by atoms with E-state index in [9.17, 15) is 18.0 Å². The highest BCUT2D eigenvalue weighted by atomic mass is 32.2. The molecule has 1 aromatic rings. The molecule has 3 fully saturated rings. The molecule has 0 aromatic carbocycles. The molecule has 10 heteroatoms. The van der Waals surface area contributed by atoms with Crippen molar-refractivity contribution in [3.05, 3.63) is 24.5 Å². The third kappa shape index (κ3) is 3.32. The molecule has 146 valence electrons. The van der Waals surface area contributed by atoms with Gasteiger partial charge in [-0.3, -0.25) is 20.0 Å². The highest BCUT2D eigenvalue weighted by molar-refractivity contribution is 7.89. The molecule has 3 aliphatic heterocycles. The number of aromatic nitrogens is 1. The number of pyridine rings is 1. The van der Waals surface area contributed by atoms with Crippen molar-refractivity contribution in [3.8, 4) is 0 Å². The van der Waals surface area contributed by atoms with E-state index in [4.69, 9.17) is 0 Å². The van der Waals surface area contributed by atoms with Crippen LogP contribution < -0.4 is 10.6 Å². The molecule has 0 spiro atoms. The average Bonchev–Trinajstić information content (AvgIpc) is 2.69.